The summed E-state index contributed by atoms with van der Waals surface area (Å²) in [5, 5.41) is 6.54. The van der Waals surface area contributed by atoms with Crippen LogP contribution in [0.15, 0.2) is 0 Å². The second kappa shape index (κ2) is 6.34. The summed E-state index contributed by atoms with van der Waals surface area (Å²) < 4.78 is 0. The van der Waals surface area contributed by atoms with Crippen molar-refractivity contribution >= 4 is 11.8 Å². The summed E-state index contributed by atoms with van der Waals surface area (Å²) in [4.78, 5) is 26.3. The van der Waals surface area contributed by atoms with Crippen molar-refractivity contribution in [2.45, 2.75) is 57.5 Å². The van der Waals surface area contributed by atoms with Gasteiger partial charge >= 0.3 is 0 Å². The number of rotatable bonds is 3. The summed E-state index contributed by atoms with van der Waals surface area (Å²) in [6.07, 6.45) is 5.84. The zero-order valence-corrected chi connectivity index (χ0v) is 12.9. The average molecular weight is 293 g/mol. The van der Waals surface area contributed by atoms with Crippen molar-refractivity contribution in [3.8, 4) is 0 Å². The Bertz CT molecular complexity index is 400. The monoisotopic (exact) mass is 293 g/mol. The third-order valence-corrected chi connectivity index (χ3v) is 5.07. The molecule has 2 saturated heterocycles. The molecule has 1 aliphatic carbocycles. The predicted molar refractivity (Wildman–Crippen MR) is 80.7 cm³/mol. The van der Waals surface area contributed by atoms with Crippen LogP contribution < -0.4 is 10.6 Å². The van der Waals surface area contributed by atoms with Gasteiger partial charge in [-0.05, 0) is 52.0 Å². The summed E-state index contributed by atoms with van der Waals surface area (Å²) in [5.41, 5.74) is 0. The molecule has 3 aliphatic rings. The van der Waals surface area contributed by atoms with Crippen molar-refractivity contribution in [3.05, 3.63) is 0 Å². The molecule has 2 aliphatic heterocycles. The maximum atomic E-state index is 12.6. The van der Waals surface area contributed by atoms with Gasteiger partial charge in [0.05, 0.1) is 0 Å². The minimum atomic E-state index is 0.193. The second-order valence-electron chi connectivity index (χ2n) is 6.96. The van der Waals surface area contributed by atoms with Gasteiger partial charge in [-0.25, -0.2) is 0 Å². The van der Waals surface area contributed by atoms with Gasteiger partial charge in [-0.15, -0.1) is 0 Å². The minimum Gasteiger partial charge on any atom is -0.353 e. The fourth-order valence-corrected chi connectivity index (χ4v) is 3.52. The third kappa shape index (κ3) is 3.76. The van der Waals surface area contributed by atoms with Crippen LogP contribution in [-0.4, -0.2) is 48.4 Å². The van der Waals surface area contributed by atoms with Crippen LogP contribution in [0, 0.1) is 11.8 Å². The first-order valence-electron chi connectivity index (χ1n) is 8.46. The molecule has 2 amide bonds. The van der Waals surface area contributed by atoms with E-state index in [0.717, 1.165) is 58.2 Å². The largest absolute Gasteiger partial charge is 0.353 e. The van der Waals surface area contributed by atoms with Crippen LogP contribution in [0.25, 0.3) is 0 Å². The lowest BCUT2D eigenvalue weighted by Gasteiger charge is -2.36. The molecule has 1 saturated carbocycles. The quantitative estimate of drug-likeness (QED) is 0.812. The number of nitrogens with zero attached hydrogens (tertiary/aromatic N) is 1. The molecular formula is C16H27N3O2. The molecule has 0 spiro atoms. The third-order valence-electron chi connectivity index (χ3n) is 5.07. The SMILES string of the molecule is CC1CC(C(=O)N2CCC(NC(=O)C3CC3)CC2)CCN1. The van der Waals surface area contributed by atoms with Gasteiger partial charge in [0.15, 0.2) is 0 Å². The molecule has 0 radical (unpaired) electrons. The molecule has 5 nitrogen and oxygen atoms in total. The lowest BCUT2D eigenvalue weighted by atomic mass is 9.91. The molecule has 0 aromatic heterocycles. The van der Waals surface area contributed by atoms with Gasteiger partial charge in [-0.2, -0.15) is 0 Å². The van der Waals surface area contributed by atoms with E-state index >= 15 is 0 Å². The molecule has 21 heavy (non-hydrogen) atoms. The van der Waals surface area contributed by atoms with Gasteiger partial charge < -0.3 is 15.5 Å². The molecule has 118 valence electrons. The van der Waals surface area contributed by atoms with Crippen LogP contribution in [0.4, 0.5) is 0 Å². The van der Waals surface area contributed by atoms with Gasteiger partial charge in [0.2, 0.25) is 11.8 Å². The summed E-state index contributed by atoms with van der Waals surface area (Å²) in [7, 11) is 0. The van der Waals surface area contributed by atoms with E-state index in [0.29, 0.717) is 11.9 Å². The van der Waals surface area contributed by atoms with E-state index in [1.807, 2.05) is 4.90 Å². The van der Waals surface area contributed by atoms with Gasteiger partial charge in [0.25, 0.3) is 0 Å². The van der Waals surface area contributed by atoms with Crippen molar-refractivity contribution in [2.24, 2.45) is 11.8 Å². The van der Waals surface area contributed by atoms with Crippen LogP contribution >= 0.6 is 0 Å². The summed E-state index contributed by atoms with van der Waals surface area (Å²) >= 11 is 0. The van der Waals surface area contributed by atoms with Crippen LogP contribution in [0.5, 0.6) is 0 Å². The lowest BCUT2D eigenvalue weighted by Crippen LogP contribution is -2.50. The molecule has 3 fully saturated rings. The molecule has 0 aromatic rings. The van der Waals surface area contributed by atoms with Crippen LogP contribution in [-0.2, 0) is 9.59 Å². The van der Waals surface area contributed by atoms with Crippen LogP contribution in [0.2, 0.25) is 0 Å². The number of hydrogen-bond donors (Lipinski definition) is 2. The Morgan fingerprint density at radius 3 is 2.38 bits per heavy atom. The second-order valence-corrected chi connectivity index (χ2v) is 6.96. The highest BCUT2D eigenvalue weighted by atomic mass is 16.2. The standard InChI is InChI=1S/C16H27N3O2/c1-11-10-13(4-7-17-11)16(21)19-8-5-14(6-9-19)18-15(20)12-2-3-12/h11-14,17H,2-10H2,1H3,(H,18,20). The molecule has 2 N–H and O–H groups in total. The zero-order chi connectivity index (χ0) is 14.8. The van der Waals surface area contributed by atoms with E-state index < -0.39 is 0 Å². The Morgan fingerprint density at radius 1 is 1.05 bits per heavy atom. The Balaban J connectivity index is 1.44. The first-order chi connectivity index (χ1) is 10.1. The average Bonchev–Trinajstić information content (AvgIpc) is 3.32. The molecule has 2 unspecified atom stereocenters. The molecule has 0 aromatic carbocycles. The van der Waals surface area contributed by atoms with Gasteiger partial charge in [0.1, 0.15) is 0 Å². The minimum absolute atomic E-state index is 0.193. The number of carbonyl (C=O) groups excluding carboxylic acids is 2. The van der Waals surface area contributed by atoms with E-state index in [-0.39, 0.29) is 23.8 Å². The Kier molecular flexibility index (Phi) is 4.48. The number of piperidine rings is 2. The molecule has 3 rings (SSSR count). The molecule has 5 heteroatoms. The first kappa shape index (κ1) is 14.8. The number of hydrogen-bond acceptors (Lipinski definition) is 3. The van der Waals surface area contributed by atoms with Crippen LogP contribution in [0.1, 0.15) is 45.4 Å². The zero-order valence-electron chi connectivity index (χ0n) is 12.9. The van der Waals surface area contributed by atoms with E-state index in [1.54, 1.807) is 0 Å². The van der Waals surface area contributed by atoms with E-state index in [4.69, 9.17) is 0 Å². The summed E-state index contributed by atoms with van der Waals surface area (Å²) in [6.45, 7) is 4.70. The fraction of sp³-hybridized carbons (Fsp3) is 0.875. The molecule has 0 bridgehead atoms. The van der Waals surface area contributed by atoms with Gasteiger partial charge in [-0.1, -0.05) is 0 Å². The smallest absolute Gasteiger partial charge is 0.225 e. The summed E-state index contributed by atoms with van der Waals surface area (Å²) in [6, 6.07) is 0.720. The highest BCUT2D eigenvalue weighted by Gasteiger charge is 2.34. The van der Waals surface area contributed by atoms with E-state index in [1.165, 1.54) is 0 Å². The van der Waals surface area contributed by atoms with Crippen LogP contribution in [0.3, 0.4) is 0 Å². The van der Waals surface area contributed by atoms with Gasteiger partial charge in [0, 0.05) is 37.0 Å². The van der Waals surface area contributed by atoms with Crippen molar-refractivity contribution in [1.29, 1.82) is 0 Å². The Hall–Kier alpha value is -1.10. The first-order valence-corrected chi connectivity index (χ1v) is 8.46. The topological polar surface area (TPSA) is 61.4 Å². The van der Waals surface area contributed by atoms with Crippen molar-refractivity contribution in [2.75, 3.05) is 19.6 Å². The van der Waals surface area contributed by atoms with Gasteiger partial charge in [-0.3, -0.25) is 9.59 Å². The van der Waals surface area contributed by atoms with Crippen molar-refractivity contribution in [1.82, 2.24) is 15.5 Å². The van der Waals surface area contributed by atoms with Crippen molar-refractivity contribution < 1.29 is 9.59 Å². The van der Waals surface area contributed by atoms with Crippen molar-refractivity contribution in [3.63, 3.8) is 0 Å². The number of carbonyl (C=O) groups is 2. The molecular weight excluding hydrogens is 266 g/mol. The number of amides is 2. The Labute approximate surface area is 126 Å². The number of likely N-dealkylation sites (tertiary alicyclic amines) is 1. The normalized spacial score (nSPS) is 31.0. The lowest BCUT2D eigenvalue weighted by molar-refractivity contribution is -0.137. The highest BCUT2D eigenvalue weighted by Crippen LogP contribution is 2.29. The fourth-order valence-electron chi connectivity index (χ4n) is 3.52. The van der Waals surface area contributed by atoms with E-state index in [9.17, 15) is 9.59 Å². The maximum Gasteiger partial charge on any atom is 0.225 e. The maximum absolute atomic E-state index is 12.6. The van der Waals surface area contributed by atoms with E-state index in [2.05, 4.69) is 17.6 Å². The molecule has 2 heterocycles. The predicted octanol–water partition coefficient (Wildman–Crippen LogP) is 0.892. The highest BCUT2D eigenvalue weighted by molar-refractivity contribution is 5.81. The number of nitrogens with one attached hydrogen (secondary N) is 2. The molecule has 2 atom stereocenters. The Morgan fingerprint density at radius 2 is 1.76 bits per heavy atom. The summed E-state index contributed by atoms with van der Waals surface area (Å²) in [5.74, 6) is 1.03.